The third kappa shape index (κ3) is 7.29. The van der Waals surface area contributed by atoms with E-state index in [0.717, 1.165) is 44.7 Å². The summed E-state index contributed by atoms with van der Waals surface area (Å²) in [6.07, 6.45) is 2.33. The molecule has 0 aliphatic rings. The maximum atomic E-state index is 13.4. The fourth-order valence-electron chi connectivity index (χ4n) is 3.50. The number of aromatic nitrogens is 1. The second-order valence-corrected chi connectivity index (χ2v) is 11.1. The number of carbonyl (C=O) groups is 2. The molecule has 0 fully saturated rings. The zero-order valence-corrected chi connectivity index (χ0v) is 23.0. The van der Waals surface area contributed by atoms with Gasteiger partial charge in [0, 0.05) is 32.4 Å². The molecule has 0 radical (unpaired) electrons. The Kier molecular flexibility index (Phi) is 9.33. The van der Waals surface area contributed by atoms with Crippen molar-refractivity contribution in [3.05, 3.63) is 94.3 Å². The molecule has 0 saturated heterocycles. The Hall–Kier alpha value is -2.94. The van der Waals surface area contributed by atoms with E-state index in [1.54, 1.807) is 0 Å². The van der Waals surface area contributed by atoms with Crippen molar-refractivity contribution in [1.29, 1.82) is 0 Å². The molecule has 0 spiro atoms. The van der Waals surface area contributed by atoms with Gasteiger partial charge in [0.2, 0.25) is 11.8 Å². The number of halogens is 1. The minimum Gasteiger partial charge on any atom is -0.326 e. The summed E-state index contributed by atoms with van der Waals surface area (Å²) in [5, 5.41) is 7.96. The smallest absolute Gasteiger partial charge is 0.244 e. The normalized spacial score (nSPS) is 11.6. The minimum atomic E-state index is -0.489. The van der Waals surface area contributed by atoms with Gasteiger partial charge in [-0.1, -0.05) is 77.8 Å². The first-order valence-electron chi connectivity index (χ1n) is 11.7. The maximum absolute atomic E-state index is 13.4. The van der Waals surface area contributed by atoms with Crippen molar-refractivity contribution in [3.63, 3.8) is 0 Å². The summed E-state index contributed by atoms with van der Waals surface area (Å²) < 4.78 is 1.00. The van der Waals surface area contributed by atoms with Crippen LogP contribution in [-0.4, -0.2) is 16.8 Å². The summed E-state index contributed by atoms with van der Waals surface area (Å²) in [6.45, 7) is 2.06. The number of anilines is 2. The number of thioether (sulfide) groups is 1. The van der Waals surface area contributed by atoms with Crippen LogP contribution >= 0.6 is 39.0 Å². The highest BCUT2D eigenvalue weighted by atomic mass is 79.9. The van der Waals surface area contributed by atoms with Crippen molar-refractivity contribution in [2.24, 2.45) is 0 Å². The molecule has 0 bridgehead atoms. The molecule has 2 N–H and O–H groups in total. The Morgan fingerprint density at radius 2 is 1.78 bits per heavy atom. The van der Waals surface area contributed by atoms with E-state index in [4.69, 9.17) is 0 Å². The van der Waals surface area contributed by atoms with Gasteiger partial charge in [-0.3, -0.25) is 9.59 Å². The van der Waals surface area contributed by atoms with Crippen LogP contribution in [0, 0.1) is 0 Å². The monoisotopic (exact) mass is 579 g/mol. The second-order valence-electron chi connectivity index (χ2n) is 8.12. The standard InChI is InChI=1S/C28H26BrN3O2S2/c1-2-3-12-25(33)30-22-10-7-11-23(17-22)36-26(20-8-5-4-6-9-20)27(34)32-28-31-24(18-35-28)19-13-15-21(29)16-14-19/h4-11,13-18,26H,2-3,12H2,1H3,(H,30,33)(H,31,32,34). The van der Waals surface area contributed by atoms with E-state index in [9.17, 15) is 9.59 Å². The first kappa shape index (κ1) is 26.1. The van der Waals surface area contributed by atoms with E-state index in [1.807, 2.05) is 84.2 Å². The summed E-state index contributed by atoms with van der Waals surface area (Å²) in [7, 11) is 0. The van der Waals surface area contributed by atoms with Crippen molar-refractivity contribution in [2.45, 2.75) is 36.3 Å². The number of hydrogen-bond acceptors (Lipinski definition) is 5. The highest BCUT2D eigenvalue weighted by Crippen LogP contribution is 2.37. The van der Waals surface area contributed by atoms with Crippen LogP contribution in [0.4, 0.5) is 10.8 Å². The summed E-state index contributed by atoms with van der Waals surface area (Å²) in [5.74, 6) is -0.151. The molecule has 0 saturated carbocycles. The van der Waals surface area contributed by atoms with Crippen LogP contribution in [0.15, 0.2) is 93.6 Å². The lowest BCUT2D eigenvalue weighted by Crippen LogP contribution is -2.19. The SMILES string of the molecule is CCCCC(=O)Nc1cccc(SC(C(=O)Nc2nc(-c3ccc(Br)cc3)cs2)c2ccccc2)c1. The molecule has 2 amide bonds. The fraction of sp³-hybridized carbons (Fsp3) is 0.179. The predicted molar refractivity (Wildman–Crippen MR) is 154 cm³/mol. The number of benzene rings is 3. The molecule has 36 heavy (non-hydrogen) atoms. The topological polar surface area (TPSA) is 71.1 Å². The van der Waals surface area contributed by atoms with Crippen LogP contribution in [-0.2, 0) is 9.59 Å². The Morgan fingerprint density at radius 3 is 2.53 bits per heavy atom. The summed E-state index contributed by atoms with van der Waals surface area (Å²) in [5.41, 5.74) is 3.43. The number of amides is 2. The predicted octanol–water partition coefficient (Wildman–Crippen LogP) is 8.17. The average molecular weight is 581 g/mol. The van der Waals surface area contributed by atoms with Crippen molar-refractivity contribution in [3.8, 4) is 11.3 Å². The lowest BCUT2D eigenvalue weighted by molar-refractivity contribution is -0.116. The van der Waals surface area contributed by atoms with Gasteiger partial charge < -0.3 is 10.6 Å². The van der Waals surface area contributed by atoms with Crippen LogP contribution in [0.1, 0.15) is 37.0 Å². The molecule has 184 valence electrons. The van der Waals surface area contributed by atoms with Gasteiger partial charge in [-0.05, 0) is 42.3 Å². The highest BCUT2D eigenvalue weighted by molar-refractivity contribution is 9.10. The Morgan fingerprint density at radius 1 is 1.00 bits per heavy atom. The molecule has 3 aromatic carbocycles. The number of hydrogen-bond donors (Lipinski definition) is 2. The van der Waals surface area contributed by atoms with E-state index in [-0.39, 0.29) is 11.8 Å². The third-order valence-electron chi connectivity index (χ3n) is 5.34. The average Bonchev–Trinajstić information content (AvgIpc) is 3.35. The van der Waals surface area contributed by atoms with Crippen LogP contribution < -0.4 is 10.6 Å². The molecule has 0 aliphatic carbocycles. The van der Waals surface area contributed by atoms with Crippen LogP contribution in [0.25, 0.3) is 11.3 Å². The van der Waals surface area contributed by atoms with Crippen molar-refractivity contribution in [1.82, 2.24) is 4.98 Å². The van der Waals surface area contributed by atoms with Crippen LogP contribution in [0.5, 0.6) is 0 Å². The van der Waals surface area contributed by atoms with Gasteiger partial charge in [0.25, 0.3) is 0 Å². The summed E-state index contributed by atoms with van der Waals surface area (Å²) in [4.78, 5) is 31.1. The lowest BCUT2D eigenvalue weighted by Gasteiger charge is -2.17. The Bertz CT molecular complexity index is 1310. The van der Waals surface area contributed by atoms with Crippen molar-refractivity contribution < 1.29 is 9.59 Å². The maximum Gasteiger partial charge on any atom is 0.244 e. The molecular formula is C28H26BrN3O2S2. The molecule has 5 nitrogen and oxygen atoms in total. The minimum absolute atomic E-state index is 0.00157. The number of thiazole rings is 1. The van der Waals surface area contributed by atoms with Gasteiger partial charge in [0.05, 0.1) is 5.69 Å². The Balaban J connectivity index is 1.50. The van der Waals surface area contributed by atoms with Gasteiger partial charge in [-0.15, -0.1) is 23.1 Å². The van der Waals surface area contributed by atoms with Crippen molar-refractivity contribution in [2.75, 3.05) is 10.6 Å². The number of rotatable bonds is 10. The van der Waals surface area contributed by atoms with Gasteiger partial charge in [-0.2, -0.15) is 0 Å². The first-order chi connectivity index (χ1) is 17.5. The van der Waals surface area contributed by atoms with E-state index < -0.39 is 5.25 Å². The lowest BCUT2D eigenvalue weighted by atomic mass is 10.1. The molecule has 1 unspecified atom stereocenters. The van der Waals surface area contributed by atoms with Crippen LogP contribution in [0.3, 0.4) is 0 Å². The fourth-order valence-corrected chi connectivity index (χ4v) is 5.57. The van der Waals surface area contributed by atoms with Gasteiger partial charge >= 0.3 is 0 Å². The zero-order chi connectivity index (χ0) is 25.3. The molecule has 8 heteroatoms. The molecular weight excluding hydrogens is 554 g/mol. The molecule has 4 aromatic rings. The number of nitrogens with one attached hydrogen (secondary N) is 2. The first-order valence-corrected chi connectivity index (χ1v) is 14.2. The second kappa shape index (κ2) is 12.9. The van der Waals surface area contributed by atoms with Crippen molar-refractivity contribution >= 4 is 61.7 Å². The Labute approximate surface area is 227 Å². The summed E-state index contributed by atoms with van der Waals surface area (Å²) in [6, 6.07) is 25.2. The molecule has 4 rings (SSSR count). The number of carbonyl (C=O) groups excluding carboxylic acids is 2. The van der Waals surface area contributed by atoms with Gasteiger partial charge in [0.15, 0.2) is 5.13 Å². The summed E-state index contributed by atoms with van der Waals surface area (Å²) >= 11 is 6.29. The zero-order valence-electron chi connectivity index (χ0n) is 19.7. The number of nitrogens with zero attached hydrogens (tertiary/aromatic N) is 1. The highest BCUT2D eigenvalue weighted by Gasteiger charge is 2.23. The molecule has 1 aromatic heterocycles. The van der Waals surface area contributed by atoms with E-state index in [1.165, 1.54) is 23.1 Å². The quantitative estimate of drug-likeness (QED) is 0.186. The van der Waals surface area contributed by atoms with Gasteiger partial charge in [-0.25, -0.2) is 4.98 Å². The van der Waals surface area contributed by atoms with Crippen LogP contribution in [0.2, 0.25) is 0 Å². The number of unbranched alkanes of at least 4 members (excludes halogenated alkanes) is 1. The van der Waals surface area contributed by atoms with E-state index in [0.29, 0.717) is 11.6 Å². The molecule has 1 heterocycles. The third-order valence-corrected chi connectivity index (χ3v) is 7.88. The molecule has 1 atom stereocenters. The van der Waals surface area contributed by atoms with E-state index >= 15 is 0 Å². The molecule has 0 aliphatic heterocycles. The van der Waals surface area contributed by atoms with E-state index in [2.05, 4.69) is 38.5 Å². The van der Waals surface area contributed by atoms with Gasteiger partial charge in [0.1, 0.15) is 5.25 Å². The largest absolute Gasteiger partial charge is 0.326 e.